The molecule has 1 aromatic heterocycles. The quantitative estimate of drug-likeness (QED) is 0.449. The molecule has 0 spiro atoms. The van der Waals surface area contributed by atoms with Crippen molar-refractivity contribution in [3.8, 4) is 0 Å². The molecule has 0 aliphatic rings. The Morgan fingerprint density at radius 1 is 0.778 bits per heavy atom. The molecule has 0 N–H and O–H groups in total. The van der Waals surface area contributed by atoms with Gasteiger partial charge in [0.1, 0.15) is 0 Å². The monoisotopic (exact) mass is 441 g/mol. The summed E-state index contributed by atoms with van der Waals surface area (Å²) in [5.41, 5.74) is 0.947. The molecule has 0 fully saturated rings. The molecular weight excluding hydrogens is 425 g/mol. The van der Waals surface area contributed by atoms with Gasteiger partial charge in [0.2, 0.25) is 0 Å². The number of carbonyl (C=O) groups excluding carboxylic acids is 1. The van der Waals surface area contributed by atoms with Crippen LogP contribution in [0.1, 0.15) is 10.4 Å². The Morgan fingerprint density at radius 2 is 1.37 bits per heavy atom. The van der Waals surface area contributed by atoms with Crippen molar-refractivity contribution in [1.82, 2.24) is 3.97 Å². The van der Waals surface area contributed by atoms with Gasteiger partial charge >= 0.3 is 164 Å². The fourth-order valence-corrected chi connectivity index (χ4v) is 5.89. The van der Waals surface area contributed by atoms with Crippen LogP contribution in [-0.4, -0.2) is 32.0 Å². The second-order valence-corrected chi connectivity index (χ2v) is 9.89. The Kier molecular flexibility index (Phi) is 4.70. The molecule has 0 amide bonds. The van der Waals surface area contributed by atoms with E-state index < -0.39 is 25.0 Å². The van der Waals surface area contributed by atoms with E-state index in [-0.39, 0.29) is 9.58 Å². The third kappa shape index (κ3) is 3.35. The zero-order valence-electron chi connectivity index (χ0n) is 14.1. The summed E-state index contributed by atoms with van der Waals surface area (Å²) < 4.78 is 28.3. The average molecular weight is 440 g/mol. The van der Waals surface area contributed by atoms with Crippen molar-refractivity contribution >= 4 is 45.0 Å². The van der Waals surface area contributed by atoms with Gasteiger partial charge in [-0.05, 0) is 0 Å². The molecule has 4 nitrogen and oxygen atoms in total. The second kappa shape index (κ2) is 7.16. The fourth-order valence-electron chi connectivity index (χ4n) is 2.87. The summed E-state index contributed by atoms with van der Waals surface area (Å²) >= 11 is -0.424. The minimum atomic E-state index is -3.78. The first-order chi connectivity index (χ1) is 13.1. The minimum absolute atomic E-state index is 0.0492. The molecule has 27 heavy (non-hydrogen) atoms. The molecule has 0 saturated carbocycles. The summed E-state index contributed by atoms with van der Waals surface area (Å²) in [5, 5.41) is 0.653. The molecule has 1 heterocycles. The van der Waals surface area contributed by atoms with Crippen molar-refractivity contribution in [2.75, 3.05) is 0 Å². The van der Waals surface area contributed by atoms with Crippen LogP contribution in [0.3, 0.4) is 0 Å². The molecule has 0 unspecified atom stereocenters. The topological polar surface area (TPSA) is 56.1 Å². The molecule has 0 aliphatic carbocycles. The van der Waals surface area contributed by atoms with Gasteiger partial charge < -0.3 is 0 Å². The zero-order valence-corrected chi connectivity index (χ0v) is 16.7. The second-order valence-electron chi connectivity index (χ2n) is 5.88. The Balaban J connectivity index is 1.84. The molecule has 3 aromatic carbocycles. The van der Waals surface area contributed by atoms with Gasteiger partial charge in [-0.3, -0.25) is 0 Å². The molecule has 0 bridgehead atoms. The van der Waals surface area contributed by atoms with E-state index in [9.17, 15) is 13.2 Å². The summed E-state index contributed by atoms with van der Waals surface area (Å²) in [4.78, 5) is 13.1. The molecule has 0 radical (unpaired) electrons. The number of para-hydroxylation sites is 1. The summed E-state index contributed by atoms with van der Waals surface area (Å²) in [7, 11) is -3.78. The van der Waals surface area contributed by atoms with Gasteiger partial charge in [0.15, 0.2) is 0 Å². The van der Waals surface area contributed by atoms with E-state index in [0.717, 1.165) is 4.46 Å². The number of hydrogen-bond donors (Lipinski definition) is 0. The van der Waals surface area contributed by atoms with Crippen LogP contribution < -0.4 is 4.46 Å². The van der Waals surface area contributed by atoms with Gasteiger partial charge in [-0.2, -0.15) is 0 Å². The molecule has 4 rings (SSSR count). The van der Waals surface area contributed by atoms with Crippen molar-refractivity contribution in [2.45, 2.75) is 4.90 Å². The van der Waals surface area contributed by atoms with Gasteiger partial charge in [0, 0.05) is 0 Å². The van der Waals surface area contributed by atoms with Crippen molar-refractivity contribution in [3.63, 3.8) is 0 Å². The van der Waals surface area contributed by atoms with Gasteiger partial charge in [-0.25, -0.2) is 0 Å². The molecule has 0 saturated heterocycles. The molecule has 0 atom stereocenters. The average Bonchev–Trinajstić information content (AvgIpc) is 3.10. The van der Waals surface area contributed by atoms with E-state index >= 15 is 0 Å². The van der Waals surface area contributed by atoms with E-state index in [1.165, 1.54) is 10.2 Å². The van der Waals surface area contributed by atoms with E-state index in [2.05, 4.69) is 0 Å². The number of hydrogen-bond acceptors (Lipinski definition) is 3. The summed E-state index contributed by atoms with van der Waals surface area (Å²) in [6, 6.07) is 24.9. The van der Waals surface area contributed by atoms with Crippen LogP contribution in [0.25, 0.3) is 10.9 Å². The Labute approximate surface area is 163 Å². The summed E-state index contributed by atoms with van der Waals surface area (Å²) in [6.07, 6.45) is 1.46. The Bertz CT molecular complexity index is 1220. The van der Waals surface area contributed by atoms with E-state index in [1.807, 2.05) is 36.4 Å². The first-order valence-electron chi connectivity index (χ1n) is 8.25. The van der Waals surface area contributed by atoms with Crippen molar-refractivity contribution < 1.29 is 13.2 Å². The number of benzene rings is 3. The predicted molar refractivity (Wildman–Crippen MR) is 107 cm³/mol. The first kappa shape index (κ1) is 17.7. The van der Waals surface area contributed by atoms with E-state index in [1.54, 1.807) is 48.5 Å². The summed E-state index contributed by atoms with van der Waals surface area (Å²) in [5.74, 6) is 0. The molecule has 4 aromatic rings. The third-order valence-electron chi connectivity index (χ3n) is 4.15. The SMILES string of the molecule is O=C([Se]c1ccccc1)c1cn(S(=O)(=O)c2ccccc2)c2ccccc12. The number of rotatable bonds is 5. The zero-order chi connectivity index (χ0) is 18.9. The Morgan fingerprint density at radius 3 is 2.07 bits per heavy atom. The van der Waals surface area contributed by atoms with Crippen LogP contribution in [0.2, 0.25) is 0 Å². The molecule has 134 valence electrons. The maximum atomic E-state index is 13.1. The fraction of sp³-hybridized carbons (Fsp3) is 0. The molecule has 0 aliphatic heterocycles. The van der Waals surface area contributed by atoms with Crippen molar-refractivity contribution in [3.05, 3.63) is 96.7 Å². The predicted octanol–water partition coefficient (Wildman–Crippen LogP) is 3.05. The van der Waals surface area contributed by atoms with Crippen LogP contribution in [0.4, 0.5) is 0 Å². The van der Waals surface area contributed by atoms with Gasteiger partial charge in [0.05, 0.1) is 0 Å². The van der Waals surface area contributed by atoms with Crippen LogP contribution in [0.5, 0.6) is 0 Å². The third-order valence-corrected chi connectivity index (χ3v) is 7.76. The van der Waals surface area contributed by atoms with Crippen LogP contribution in [-0.2, 0) is 10.0 Å². The molecular formula is C21H15NO3SSe. The van der Waals surface area contributed by atoms with E-state index in [0.29, 0.717) is 16.5 Å². The van der Waals surface area contributed by atoms with Gasteiger partial charge in [-0.1, -0.05) is 0 Å². The number of aromatic nitrogens is 1. The van der Waals surface area contributed by atoms with Crippen LogP contribution >= 0.6 is 0 Å². The number of nitrogens with zero attached hydrogens (tertiary/aromatic N) is 1. The maximum absolute atomic E-state index is 13.1. The van der Waals surface area contributed by atoms with Gasteiger partial charge in [0.25, 0.3) is 0 Å². The van der Waals surface area contributed by atoms with Crippen LogP contribution in [0, 0.1) is 0 Å². The molecule has 6 heteroatoms. The Hall–Kier alpha value is -2.66. The van der Waals surface area contributed by atoms with Crippen LogP contribution in [0.15, 0.2) is 96.0 Å². The number of fused-ring (bicyclic) bond motifs is 1. The van der Waals surface area contributed by atoms with E-state index in [4.69, 9.17) is 0 Å². The number of carbonyl (C=O) groups is 1. The van der Waals surface area contributed by atoms with Gasteiger partial charge in [-0.15, -0.1) is 0 Å². The van der Waals surface area contributed by atoms with Crippen molar-refractivity contribution in [1.29, 1.82) is 0 Å². The van der Waals surface area contributed by atoms with Crippen molar-refractivity contribution in [2.24, 2.45) is 0 Å². The standard InChI is InChI=1S/C21H15NO3SSe/c23-21(27-17-11-5-2-6-12-17)19-15-22(20-14-8-7-13-18(19)20)26(24,25)16-9-3-1-4-10-16/h1-15H. The summed E-state index contributed by atoms with van der Waals surface area (Å²) in [6.45, 7) is 0. The normalized spacial score (nSPS) is 11.6. The first-order valence-corrected chi connectivity index (χ1v) is 11.4.